The van der Waals surface area contributed by atoms with Crippen molar-refractivity contribution in [3.8, 4) is 6.07 Å². The lowest BCUT2D eigenvalue weighted by atomic mass is 10.1. The Bertz CT molecular complexity index is 580. The molecule has 0 aliphatic carbocycles. The number of aromatic nitrogens is 4. The fourth-order valence-electron chi connectivity index (χ4n) is 1.18. The van der Waals surface area contributed by atoms with Gasteiger partial charge in [-0.25, -0.2) is 9.89 Å². The van der Waals surface area contributed by atoms with Crippen molar-refractivity contribution < 1.29 is 0 Å². The van der Waals surface area contributed by atoms with Crippen LogP contribution in [0.5, 0.6) is 0 Å². The number of nitrogens with zero attached hydrogens (tertiary/aromatic N) is 4. The van der Waals surface area contributed by atoms with Gasteiger partial charge in [-0.2, -0.15) is 20.0 Å². The van der Waals surface area contributed by atoms with E-state index < -0.39 is 5.69 Å². The Kier molecular flexibility index (Phi) is 2.51. The molecule has 0 aliphatic heterocycles. The molecule has 2 aromatic heterocycles. The van der Waals surface area contributed by atoms with Crippen LogP contribution in [0.15, 0.2) is 16.9 Å². The van der Waals surface area contributed by atoms with Crippen LogP contribution in [0.3, 0.4) is 0 Å². The number of rotatable bonds is 2. The zero-order valence-electron chi connectivity index (χ0n) is 7.51. The molecule has 0 aliphatic rings. The van der Waals surface area contributed by atoms with E-state index in [1.165, 1.54) is 0 Å². The van der Waals surface area contributed by atoms with E-state index in [9.17, 15) is 4.79 Å². The number of nitriles is 1. The number of fused-ring (bicyclic) bond motifs is 1. The zero-order chi connectivity index (χ0) is 10.8. The molecule has 0 aromatic carbocycles. The minimum atomic E-state index is -0.405. The van der Waals surface area contributed by atoms with E-state index in [-0.39, 0.29) is 5.92 Å². The Morgan fingerprint density at radius 2 is 2.47 bits per heavy atom. The van der Waals surface area contributed by atoms with Crippen molar-refractivity contribution >= 4 is 21.6 Å². The van der Waals surface area contributed by atoms with Gasteiger partial charge < -0.3 is 0 Å². The van der Waals surface area contributed by atoms with Gasteiger partial charge in [-0.3, -0.25) is 0 Å². The molecule has 0 fully saturated rings. The molecule has 2 heterocycles. The third-order valence-corrected chi connectivity index (χ3v) is 2.61. The van der Waals surface area contributed by atoms with Crippen LogP contribution in [0, 0.1) is 11.3 Å². The first-order chi connectivity index (χ1) is 7.26. The number of hydrogen-bond acceptors (Lipinski definition) is 4. The summed E-state index contributed by atoms with van der Waals surface area (Å²) >= 11 is 3.21. The predicted octanol–water partition coefficient (Wildman–Crippen LogP) is 0.420. The van der Waals surface area contributed by atoms with Crippen LogP contribution in [0.4, 0.5) is 0 Å². The van der Waals surface area contributed by atoms with Crippen LogP contribution in [-0.4, -0.2) is 25.1 Å². The topological polar surface area (TPSA) is 86.8 Å². The van der Waals surface area contributed by atoms with Gasteiger partial charge in [0.25, 0.3) is 0 Å². The first kappa shape index (κ1) is 9.86. The molecular formula is C8H6BrN5O. The molecule has 1 atom stereocenters. The fourth-order valence-corrected chi connectivity index (χ4v) is 1.66. The summed E-state index contributed by atoms with van der Waals surface area (Å²) in [6.45, 7) is 0. The summed E-state index contributed by atoms with van der Waals surface area (Å²) in [5.41, 5.74) is 0.582. The van der Waals surface area contributed by atoms with Crippen molar-refractivity contribution in [3.63, 3.8) is 0 Å². The number of alkyl halides is 1. The molecule has 76 valence electrons. The average molecular weight is 268 g/mol. The van der Waals surface area contributed by atoms with Crippen molar-refractivity contribution in [3.05, 3.63) is 28.3 Å². The fraction of sp³-hybridized carbons (Fsp3) is 0.250. The Morgan fingerprint density at radius 1 is 1.67 bits per heavy atom. The summed E-state index contributed by atoms with van der Waals surface area (Å²) in [6.07, 6.45) is 0. The van der Waals surface area contributed by atoms with Crippen LogP contribution in [0.25, 0.3) is 5.65 Å². The summed E-state index contributed by atoms with van der Waals surface area (Å²) in [5.74, 6) is -0.365. The minimum Gasteiger partial charge on any atom is -0.244 e. The highest BCUT2D eigenvalue weighted by Gasteiger charge is 2.12. The quantitative estimate of drug-likeness (QED) is 0.799. The summed E-state index contributed by atoms with van der Waals surface area (Å²) in [7, 11) is 0. The van der Waals surface area contributed by atoms with Gasteiger partial charge in [0.2, 0.25) is 0 Å². The van der Waals surface area contributed by atoms with E-state index in [0.29, 0.717) is 16.7 Å². The monoisotopic (exact) mass is 267 g/mol. The van der Waals surface area contributed by atoms with Crippen molar-refractivity contribution in [1.82, 2.24) is 19.8 Å². The van der Waals surface area contributed by atoms with Gasteiger partial charge in [0.05, 0.1) is 17.7 Å². The van der Waals surface area contributed by atoms with E-state index >= 15 is 0 Å². The molecular weight excluding hydrogens is 262 g/mol. The molecule has 6 nitrogen and oxygen atoms in total. The molecule has 0 amide bonds. The van der Waals surface area contributed by atoms with E-state index in [4.69, 9.17) is 5.26 Å². The van der Waals surface area contributed by atoms with E-state index in [1.54, 1.807) is 12.1 Å². The largest absolute Gasteiger partial charge is 0.364 e. The third-order valence-electron chi connectivity index (χ3n) is 1.96. The Labute approximate surface area is 92.7 Å². The van der Waals surface area contributed by atoms with Gasteiger partial charge in [0, 0.05) is 5.33 Å². The van der Waals surface area contributed by atoms with Crippen molar-refractivity contribution in [2.45, 2.75) is 5.92 Å². The number of nitrogens with one attached hydrogen (secondary N) is 1. The second-order valence-electron chi connectivity index (χ2n) is 2.89. The van der Waals surface area contributed by atoms with E-state index in [1.807, 2.05) is 0 Å². The van der Waals surface area contributed by atoms with Gasteiger partial charge in [-0.05, 0) is 12.1 Å². The molecule has 15 heavy (non-hydrogen) atoms. The average Bonchev–Trinajstić information content (AvgIpc) is 2.62. The molecule has 1 unspecified atom stereocenters. The van der Waals surface area contributed by atoms with Crippen LogP contribution in [-0.2, 0) is 0 Å². The Hall–Kier alpha value is -1.68. The lowest BCUT2D eigenvalue weighted by molar-refractivity contribution is 0.801. The maximum absolute atomic E-state index is 11.2. The number of aromatic amines is 1. The second-order valence-corrected chi connectivity index (χ2v) is 3.54. The van der Waals surface area contributed by atoms with Crippen LogP contribution in [0.1, 0.15) is 11.6 Å². The minimum absolute atomic E-state index is 0.365. The highest BCUT2D eigenvalue weighted by atomic mass is 79.9. The molecule has 0 saturated carbocycles. The molecule has 0 bridgehead atoms. The van der Waals surface area contributed by atoms with Crippen molar-refractivity contribution in [2.75, 3.05) is 5.33 Å². The van der Waals surface area contributed by atoms with Crippen molar-refractivity contribution in [1.29, 1.82) is 5.26 Å². The van der Waals surface area contributed by atoms with Gasteiger partial charge in [0.15, 0.2) is 5.65 Å². The molecule has 0 radical (unpaired) electrons. The SMILES string of the molecule is N#CC(CBr)c1ccc2n[nH]c(=O)n2n1. The normalized spacial score (nSPS) is 12.5. The van der Waals surface area contributed by atoms with Gasteiger partial charge in [-0.15, -0.1) is 0 Å². The number of hydrogen-bond donors (Lipinski definition) is 1. The summed E-state index contributed by atoms with van der Waals surface area (Å²) in [5, 5.41) is 19.4. The highest BCUT2D eigenvalue weighted by molar-refractivity contribution is 9.09. The van der Waals surface area contributed by atoms with Gasteiger partial charge in [0.1, 0.15) is 0 Å². The Balaban J connectivity index is 2.60. The zero-order valence-corrected chi connectivity index (χ0v) is 9.10. The molecule has 1 N–H and O–H groups in total. The first-order valence-corrected chi connectivity index (χ1v) is 5.28. The number of H-pyrrole nitrogens is 1. The standard InChI is InChI=1S/C8H6BrN5O/c9-3-5(4-10)6-1-2-7-11-12-8(15)14(7)13-6/h1-2,5H,3H2,(H,12,15). The third kappa shape index (κ3) is 1.64. The highest BCUT2D eigenvalue weighted by Crippen LogP contribution is 2.14. The smallest absolute Gasteiger partial charge is 0.244 e. The lowest BCUT2D eigenvalue weighted by Crippen LogP contribution is -2.14. The molecule has 2 rings (SSSR count). The van der Waals surface area contributed by atoms with E-state index in [2.05, 4.69) is 37.3 Å². The maximum Gasteiger partial charge on any atom is 0.364 e. The van der Waals surface area contributed by atoms with E-state index in [0.717, 1.165) is 4.52 Å². The van der Waals surface area contributed by atoms with Crippen LogP contribution >= 0.6 is 15.9 Å². The van der Waals surface area contributed by atoms with Gasteiger partial charge >= 0.3 is 5.69 Å². The lowest BCUT2D eigenvalue weighted by Gasteiger charge is -2.02. The maximum atomic E-state index is 11.2. The number of halogens is 1. The second kappa shape index (κ2) is 3.82. The predicted molar refractivity (Wildman–Crippen MR) is 55.8 cm³/mol. The molecule has 2 aromatic rings. The van der Waals surface area contributed by atoms with Crippen LogP contribution in [0.2, 0.25) is 0 Å². The van der Waals surface area contributed by atoms with Crippen molar-refractivity contribution in [2.24, 2.45) is 0 Å². The molecule has 0 spiro atoms. The first-order valence-electron chi connectivity index (χ1n) is 4.16. The summed E-state index contributed by atoms with van der Waals surface area (Å²) in [6, 6.07) is 5.42. The summed E-state index contributed by atoms with van der Waals surface area (Å²) in [4.78, 5) is 11.2. The molecule has 7 heteroatoms. The molecule has 0 saturated heterocycles. The Morgan fingerprint density at radius 3 is 3.13 bits per heavy atom. The van der Waals surface area contributed by atoms with Gasteiger partial charge in [-0.1, -0.05) is 15.9 Å². The van der Waals surface area contributed by atoms with Crippen LogP contribution < -0.4 is 5.69 Å². The summed E-state index contributed by atoms with van der Waals surface area (Å²) < 4.78 is 1.14.